The maximum Gasteiger partial charge on any atom is 0.324 e. The molecular weight excluding hydrogens is 337 g/mol. The highest BCUT2D eigenvalue weighted by molar-refractivity contribution is 5.94. The van der Waals surface area contributed by atoms with Crippen LogP contribution in [0.2, 0.25) is 0 Å². The van der Waals surface area contributed by atoms with Crippen molar-refractivity contribution in [2.75, 3.05) is 37.0 Å². The van der Waals surface area contributed by atoms with Gasteiger partial charge in [-0.3, -0.25) is 9.69 Å². The van der Waals surface area contributed by atoms with Gasteiger partial charge in [0, 0.05) is 31.5 Å². The first-order valence-corrected chi connectivity index (χ1v) is 8.34. The van der Waals surface area contributed by atoms with E-state index in [1.165, 1.54) is 24.3 Å². The van der Waals surface area contributed by atoms with Crippen LogP contribution < -0.4 is 15.0 Å². The molecule has 0 saturated carbocycles. The van der Waals surface area contributed by atoms with Gasteiger partial charge in [-0.2, -0.15) is 0 Å². The van der Waals surface area contributed by atoms with E-state index in [0.29, 0.717) is 18.0 Å². The van der Waals surface area contributed by atoms with E-state index < -0.39 is 0 Å². The smallest absolute Gasteiger partial charge is 0.324 e. The maximum atomic E-state index is 12.8. The van der Waals surface area contributed by atoms with E-state index in [1.54, 1.807) is 41.1 Å². The van der Waals surface area contributed by atoms with E-state index in [2.05, 4.69) is 5.32 Å². The number of carbonyl (C=O) groups excluding carboxylic acids is 2. The zero-order chi connectivity index (χ0) is 18.5. The summed E-state index contributed by atoms with van der Waals surface area (Å²) in [6.45, 7) is 1.26. The number of urea groups is 1. The average molecular weight is 357 g/mol. The molecular formula is C19H20FN3O3. The highest BCUT2D eigenvalue weighted by Gasteiger charge is 2.23. The van der Waals surface area contributed by atoms with E-state index in [9.17, 15) is 14.0 Å². The van der Waals surface area contributed by atoms with Crippen molar-refractivity contribution in [3.63, 3.8) is 0 Å². The van der Waals surface area contributed by atoms with Crippen molar-refractivity contribution in [2.45, 2.75) is 6.42 Å². The van der Waals surface area contributed by atoms with Crippen molar-refractivity contribution >= 4 is 23.3 Å². The molecule has 1 saturated heterocycles. The SMILES string of the molecule is CN1CCCN(c2ccc(NC(=O)COc3ccc(F)cc3)cc2)C1=O. The van der Waals surface area contributed by atoms with Crippen LogP contribution in [-0.2, 0) is 4.79 Å². The van der Waals surface area contributed by atoms with Gasteiger partial charge in [-0.05, 0) is 55.0 Å². The number of ether oxygens (including phenoxy) is 1. The minimum atomic E-state index is -0.361. The molecule has 0 radical (unpaired) electrons. The molecule has 1 aliphatic heterocycles. The summed E-state index contributed by atoms with van der Waals surface area (Å²) in [7, 11) is 1.78. The van der Waals surface area contributed by atoms with Gasteiger partial charge in [0.1, 0.15) is 11.6 Å². The maximum absolute atomic E-state index is 12.8. The Hall–Kier alpha value is -3.09. The van der Waals surface area contributed by atoms with E-state index in [0.717, 1.165) is 18.7 Å². The third-order valence-electron chi connectivity index (χ3n) is 4.08. The number of nitrogens with zero attached hydrogens (tertiary/aromatic N) is 2. The average Bonchev–Trinajstić information content (AvgIpc) is 2.64. The Bertz CT molecular complexity index is 778. The number of carbonyl (C=O) groups is 2. The third kappa shape index (κ3) is 4.30. The first kappa shape index (κ1) is 17.7. The number of anilines is 2. The van der Waals surface area contributed by atoms with Crippen LogP contribution in [0.3, 0.4) is 0 Å². The second-order valence-electron chi connectivity index (χ2n) is 6.05. The monoisotopic (exact) mass is 357 g/mol. The molecule has 3 rings (SSSR count). The standard InChI is InChI=1S/C19H20FN3O3/c1-22-11-2-12-23(19(22)25)16-7-5-15(6-8-16)21-18(24)13-26-17-9-3-14(20)4-10-17/h3-10H,2,11-13H2,1H3,(H,21,24). The van der Waals surface area contributed by atoms with Crippen LogP contribution in [0.25, 0.3) is 0 Å². The second kappa shape index (κ2) is 7.86. The van der Waals surface area contributed by atoms with Gasteiger partial charge >= 0.3 is 6.03 Å². The lowest BCUT2D eigenvalue weighted by Crippen LogP contribution is -2.47. The molecule has 2 aromatic rings. The van der Waals surface area contributed by atoms with Gasteiger partial charge < -0.3 is 15.0 Å². The van der Waals surface area contributed by atoms with Gasteiger partial charge in [-0.15, -0.1) is 0 Å². The molecule has 1 fully saturated rings. The second-order valence-corrected chi connectivity index (χ2v) is 6.05. The quantitative estimate of drug-likeness (QED) is 0.894. The zero-order valence-corrected chi connectivity index (χ0v) is 14.4. The van der Waals surface area contributed by atoms with Crippen LogP contribution in [0.4, 0.5) is 20.6 Å². The number of hydrogen-bond acceptors (Lipinski definition) is 3. The number of halogens is 1. The van der Waals surface area contributed by atoms with Crippen molar-refractivity contribution in [3.05, 3.63) is 54.3 Å². The lowest BCUT2D eigenvalue weighted by Gasteiger charge is -2.33. The number of benzene rings is 2. The summed E-state index contributed by atoms with van der Waals surface area (Å²) in [6, 6.07) is 12.5. The highest BCUT2D eigenvalue weighted by atomic mass is 19.1. The van der Waals surface area contributed by atoms with E-state index in [-0.39, 0.29) is 24.4 Å². The summed E-state index contributed by atoms with van der Waals surface area (Å²) < 4.78 is 18.1. The predicted octanol–water partition coefficient (Wildman–Crippen LogP) is 3.11. The molecule has 2 aromatic carbocycles. The molecule has 1 heterocycles. The molecule has 0 atom stereocenters. The minimum absolute atomic E-state index is 0.0271. The normalized spacial score (nSPS) is 14.3. The van der Waals surface area contributed by atoms with E-state index >= 15 is 0 Å². The van der Waals surface area contributed by atoms with Crippen LogP contribution in [-0.4, -0.2) is 43.6 Å². The lowest BCUT2D eigenvalue weighted by molar-refractivity contribution is -0.118. The van der Waals surface area contributed by atoms with Crippen LogP contribution in [0.5, 0.6) is 5.75 Å². The van der Waals surface area contributed by atoms with Crippen LogP contribution >= 0.6 is 0 Å². The predicted molar refractivity (Wildman–Crippen MR) is 97.0 cm³/mol. The fraction of sp³-hybridized carbons (Fsp3) is 0.263. The summed E-state index contributed by atoms with van der Waals surface area (Å²) in [5, 5.41) is 2.72. The van der Waals surface area contributed by atoms with Crippen molar-refractivity contribution in [1.82, 2.24) is 4.90 Å². The van der Waals surface area contributed by atoms with E-state index in [1.807, 2.05) is 0 Å². The van der Waals surface area contributed by atoms with Crippen LogP contribution in [0.15, 0.2) is 48.5 Å². The van der Waals surface area contributed by atoms with Crippen molar-refractivity contribution in [1.29, 1.82) is 0 Å². The topological polar surface area (TPSA) is 61.9 Å². The first-order chi connectivity index (χ1) is 12.5. The molecule has 26 heavy (non-hydrogen) atoms. The molecule has 0 bridgehead atoms. The van der Waals surface area contributed by atoms with Gasteiger partial charge in [0.2, 0.25) is 0 Å². The number of amides is 3. The van der Waals surface area contributed by atoms with Crippen LogP contribution in [0, 0.1) is 5.82 Å². The number of hydrogen-bond donors (Lipinski definition) is 1. The molecule has 136 valence electrons. The zero-order valence-electron chi connectivity index (χ0n) is 14.4. The van der Waals surface area contributed by atoms with E-state index in [4.69, 9.17) is 4.74 Å². The Labute approximate surface area is 151 Å². The van der Waals surface area contributed by atoms with Gasteiger partial charge in [-0.1, -0.05) is 0 Å². The van der Waals surface area contributed by atoms with Crippen molar-refractivity contribution in [2.24, 2.45) is 0 Å². The molecule has 1 aliphatic rings. The van der Waals surface area contributed by atoms with Crippen LogP contribution in [0.1, 0.15) is 6.42 Å². The molecule has 0 aromatic heterocycles. The summed E-state index contributed by atoms with van der Waals surface area (Å²) in [5.41, 5.74) is 1.40. The Balaban J connectivity index is 1.54. The largest absolute Gasteiger partial charge is 0.484 e. The summed E-state index contributed by atoms with van der Waals surface area (Å²) in [6.07, 6.45) is 0.918. The van der Waals surface area contributed by atoms with Gasteiger partial charge in [0.25, 0.3) is 5.91 Å². The van der Waals surface area contributed by atoms with Crippen molar-refractivity contribution < 1.29 is 18.7 Å². The Kier molecular flexibility index (Phi) is 5.36. The number of nitrogens with one attached hydrogen (secondary N) is 1. The highest BCUT2D eigenvalue weighted by Crippen LogP contribution is 2.21. The Morgan fingerprint density at radius 1 is 1.12 bits per heavy atom. The molecule has 0 aliphatic carbocycles. The first-order valence-electron chi connectivity index (χ1n) is 8.34. The van der Waals surface area contributed by atoms with Gasteiger partial charge in [0.15, 0.2) is 6.61 Å². The summed E-state index contributed by atoms with van der Waals surface area (Å²) in [5.74, 6) is -0.263. The summed E-state index contributed by atoms with van der Waals surface area (Å²) >= 11 is 0. The molecule has 0 spiro atoms. The van der Waals surface area contributed by atoms with Gasteiger partial charge in [0.05, 0.1) is 0 Å². The third-order valence-corrected chi connectivity index (χ3v) is 4.08. The number of rotatable bonds is 5. The summed E-state index contributed by atoms with van der Waals surface area (Å²) in [4.78, 5) is 27.5. The Morgan fingerprint density at radius 2 is 1.81 bits per heavy atom. The molecule has 1 N–H and O–H groups in total. The van der Waals surface area contributed by atoms with Crippen molar-refractivity contribution in [3.8, 4) is 5.75 Å². The molecule has 0 unspecified atom stereocenters. The lowest BCUT2D eigenvalue weighted by atomic mass is 10.2. The van der Waals surface area contributed by atoms with Gasteiger partial charge in [-0.25, -0.2) is 9.18 Å². The Morgan fingerprint density at radius 3 is 2.50 bits per heavy atom. The fourth-order valence-electron chi connectivity index (χ4n) is 2.70. The fourth-order valence-corrected chi connectivity index (χ4v) is 2.70. The molecule has 6 nitrogen and oxygen atoms in total. The minimum Gasteiger partial charge on any atom is -0.484 e. The molecule has 7 heteroatoms. The molecule has 3 amide bonds.